The predicted molar refractivity (Wildman–Crippen MR) is 48.0 cm³/mol. The van der Waals surface area contributed by atoms with Crippen molar-refractivity contribution in [3.05, 3.63) is 10.0 Å². The number of nitrogens with one attached hydrogen (secondary N) is 1. The van der Waals surface area contributed by atoms with E-state index in [1.54, 1.807) is 7.05 Å². The van der Waals surface area contributed by atoms with E-state index >= 15 is 0 Å². The van der Waals surface area contributed by atoms with Crippen LogP contribution in [0.5, 0.6) is 0 Å². The van der Waals surface area contributed by atoms with Gasteiger partial charge in [0.05, 0.1) is 7.11 Å². The first kappa shape index (κ1) is 9.28. The van der Waals surface area contributed by atoms with Crippen molar-refractivity contribution < 1.29 is 9.53 Å². The van der Waals surface area contributed by atoms with Gasteiger partial charge in [-0.2, -0.15) is 0 Å². The largest absolute Gasteiger partial charge is 0.465 e. The van der Waals surface area contributed by atoms with Crippen molar-refractivity contribution in [1.82, 2.24) is 4.98 Å². The second-order valence-electron chi connectivity index (χ2n) is 1.88. The first-order valence-corrected chi connectivity index (χ1v) is 4.31. The molecule has 1 N–H and O–H groups in total. The number of nitrogens with zero attached hydrogens (tertiary/aromatic N) is 1. The van der Waals surface area contributed by atoms with Gasteiger partial charge in [-0.1, -0.05) is 22.9 Å². The second kappa shape index (κ2) is 3.73. The van der Waals surface area contributed by atoms with Crippen LogP contribution in [0.15, 0.2) is 0 Å². The van der Waals surface area contributed by atoms with E-state index in [1.807, 2.05) is 0 Å². The first-order chi connectivity index (χ1) is 5.69. The molecular formula is C6H7ClN2O2S. The van der Waals surface area contributed by atoms with Crippen LogP contribution in [0.3, 0.4) is 0 Å². The molecule has 1 aromatic rings. The zero-order chi connectivity index (χ0) is 9.14. The Labute approximate surface area is 78.5 Å². The van der Waals surface area contributed by atoms with Gasteiger partial charge in [0.25, 0.3) is 0 Å². The van der Waals surface area contributed by atoms with Crippen molar-refractivity contribution in [3.8, 4) is 0 Å². The molecule has 0 aliphatic rings. The van der Waals surface area contributed by atoms with Gasteiger partial charge in [-0.15, -0.1) is 0 Å². The average Bonchev–Trinajstić information content (AvgIpc) is 2.45. The Kier molecular flexibility index (Phi) is 2.88. The Morgan fingerprint density at radius 1 is 1.75 bits per heavy atom. The Morgan fingerprint density at radius 3 is 2.83 bits per heavy atom. The molecule has 0 bridgehead atoms. The van der Waals surface area contributed by atoms with Crippen molar-refractivity contribution in [1.29, 1.82) is 0 Å². The Morgan fingerprint density at radius 2 is 2.42 bits per heavy atom. The van der Waals surface area contributed by atoms with E-state index < -0.39 is 5.97 Å². The number of rotatable bonds is 2. The third-order valence-corrected chi connectivity index (χ3v) is 2.61. The molecule has 1 heterocycles. The summed E-state index contributed by atoms with van der Waals surface area (Å²) >= 11 is 6.82. The maximum Gasteiger partial charge on any atom is 0.351 e. The van der Waals surface area contributed by atoms with Crippen LogP contribution < -0.4 is 5.32 Å². The third kappa shape index (κ3) is 1.67. The zero-order valence-electron chi connectivity index (χ0n) is 6.55. The molecule has 12 heavy (non-hydrogen) atoms. The quantitative estimate of drug-likeness (QED) is 0.748. The molecule has 0 fully saturated rings. The fourth-order valence-electron chi connectivity index (χ4n) is 0.627. The topological polar surface area (TPSA) is 51.2 Å². The number of methoxy groups -OCH3 is 1. The van der Waals surface area contributed by atoms with Crippen molar-refractivity contribution in [3.63, 3.8) is 0 Å². The number of carbonyl (C=O) groups is 1. The van der Waals surface area contributed by atoms with Crippen LogP contribution in [-0.2, 0) is 4.74 Å². The number of hydrogen-bond acceptors (Lipinski definition) is 5. The van der Waals surface area contributed by atoms with Gasteiger partial charge < -0.3 is 10.1 Å². The molecule has 0 amide bonds. The normalized spacial score (nSPS) is 9.58. The lowest BCUT2D eigenvalue weighted by molar-refractivity contribution is 0.0606. The molecule has 0 unspecified atom stereocenters. The lowest BCUT2D eigenvalue weighted by Gasteiger charge is -1.92. The van der Waals surface area contributed by atoms with E-state index in [2.05, 4.69) is 15.0 Å². The molecule has 4 nitrogen and oxygen atoms in total. The molecule has 1 aromatic heterocycles. The van der Waals surface area contributed by atoms with Crippen LogP contribution in [0.2, 0.25) is 5.15 Å². The number of aromatic nitrogens is 1. The van der Waals surface area contributed by atoms with Crippen LogP contribution >= 0.6 is 22.9 Å². The number of ether oxygens (including phenoxy) is 1. The summed E-state index contributed by atoms with van der Waals surface area (Å²) in [5.41, 5.74) is 0. The number of hydrogen-bond donors (Lipinski definition) is 1. The van der Waals surface area contributed by atoms with Crippen molar-refractivity contribution in [2.24, 2.45) is 0 Å². The SMILES string of the molecule is CNc1nc(Cl)c(C(=O)OC)s1. The maximum atomic E-state index is 11.0. The summed E-state index contributed by atoms with van der Waals surface area (Å²) in [5.74, 6) is -0.459. The van der Waals surface area contributed by atoms with Gasteiger partial charge in [-0.25, -0.2) is 9.78 Å². The van der Waals surface area contributed by atoms with E-state index in [1.165, 1.54) is 7.11 Å². The highest BCUT2D eigenvalue weighted by Crippen LogP contribution is 2.26. The summed E-state index contributed by atoms with van der Waals surface area (Å²) in [5, 5.41) is 3.56. The fraction of sp³-hybridized carbons (Fsp3) is 0.333. The smallest absolute Gasteiger partial charge is 0.351 e. The van der Waals surface area contributed by atoms with Gasteiger partial charge in [-0.3, -0.25) is 0 Å². The van der Waals surface area contributed by atoms with E-state index in [-0.39, 0.29) is 5.15 Å². The highest BCUT2D eigenvalue weighted by atomic mass is 35.5. The highest BCUT2D eigenvalue weighted by Gasteiger charge is 2.16. The molecule has 0 aliphatic heterocycles. The molecule has 0 aromatic carbocycles. The number of carbonyl (C=O) groups excluding carboxylic acids is 1. The number of esters is 1. The Balaban J connectivity index is 2.99. The first-order valence-electron chi connectivity index (χ1n) is 3.11. The van der Waals surface area contributed by atoms with E-state index in [0.717, 1.165) is 11.3 Å². The Hall–Kier alpha value is -0.810. The summed E-state index contributed by atoms with van der Waals surface area (Å²) in [7, 11) is 3.01. The average molecular weight is 207 g/mol. The number of halogens is 1. The maximum absolute atomic E-state index is 11.0. The number of anilines is 1. The fourth-order valence-corrected chi connectivity index (χ4v) is 1.68. The van der Waals surface area contributed by atoms with Crippen molar-refractivity contribution >= 4 is 34.0 Å². The van der Waals surface area contributed by atoms with E-state index in [9.17, 15) is 4.79 Å². The van der Waals surface area contributed by atoms with Gasteiger partial charge in [-0.05, 0) is 0 Å². The minimum Gasteiger partial charge on any atom is -0.465 e. The minimum atomic E-state index is -0.459. The summed E-state index contributed by atoms with van der Waals surface area (Å²) in [6.07, 6.45) is 0. The lowest BCUT2D eigenvalue weighted by Crippen LogP contribution is -1.98. The molecule has 1 rings (SSSR count). The van der Waals surface area contributed by atoms with Crippen LogP contribution in [0.4, 0.5) is 5.13 Å². The molecule has 0 atom stereocenters. The van der Waals surface area contributed by atoms with Gasteiger partial charge in [0.1, 0.15) is 0 Å². The molecule has 0 aliphatic carbocycles. The van der Waals surface area contributed by atoms with Crippen LogP contribution in [0.1, 0.15) is 9.67 Å². The van der Waals surface area contributed by atoms with E-state index in [4.69, 9.17) is 11.6 Å². The van der Waals surface area contributed by atoms with Crippen LogP contribution in [0, 0.1) is 0 Å². The van der Waals surface area contributed by atoms with E-state index in [0.29, 0.717) is 10.0 Å². The van der Waals surface area contributed by atoms with Crippen LogP contribution in [-0.4, -0.2) is 25.1 Å². The molecule has 0 radical (unpaired) electrons. The van der Waals surface area contributed by atoms with Gasteiger partial charge in [0.2, 0.25) is 0 Å². The second-order valence-corrected chi connectivity index (χ2v) is 3.24. The Bertz CT molecular complexity index is 300. The van der Waals surface area contributed by atoms with Crippen molar-refractivity contribution in [2.45, 2.75) is 0 Å². The minimum absolute atomic E-state index is 0.177. The molecule has 6 heteroatoms. The third-order valence-electron chi connectivity index (χ3n) is 1.17. The summed E-state index contributed by atoms with van der Waals surface area (Å²) < 4.78 is 4.49. The monoisotopic (exact) mass is 206 g/mol. The summed E-state index contributed by atoms with van der Waals surface area (Å²) in [6.45, 7) is 0. The molecule has 66 valence electrons. The van der Waals surface area contributed by atoms with Gasteiger partial charge in [0.15, 0.2) is 15.2 Å². The molecule has 0 spiro atoms. The zero-order valence-corrected chi connectivity index (χ0v) is 8.12. The standard InChI is InChI=1S/C6H7ClN2O2S/c1-8-6-9-4(7)3(12-6)5(10)11-2/h1-2H3,(H,8,9). The van der Waals surface area contributed by atoms with Crippen molar-refractivity contribution in [2.75, 3.05) is 19.5 Å². The number of thiazole rings is 1. The molecule has 0 saturated carbocycles. The summed E-state index contributed by atoms with van der Waals surface area (Å²) in [4.78, 5) is 15.2. The molecule has 0 saturated heterocycles. The highest BCUT2D eigenvalue weighted by molar-refractivity contribution is 7.18. The lowest BCUT2D eigenvalue weighted by atomic mass is 10.6. The van der Waals surface area contributed by atoms with Crippen LogP contribution in [0.25, 0.3) is 0 Å². The predicted octanol–water partition coefficient (Wildman–Crippen LogP) is 1.62. The van der Waals surface area contributed by atoms with Gasteiger partial charge >= 0.3 is 5.97 Å². The van der Waals surface area contributed by atoms with Gasteiger partial charge in [0, 0.05) is 7.05 Å². The molecular weight excluding hydrogens is 200 g/mol. The summed E-state index contributed by atoms with van der Waals surface area (Å²) in [6, 6.07) is 0.